The molecule has 0 unspecified atom stereocenters. The van der Waals surface area contributed by atoms with Gasteiger partial charge < -0.3 is 0 Å². The molecule has 0 saturated carbocycles. The van der Waals surface area contributed by atoms with Gasteiger partial charge in [0.15, 0.2) is 0 Å². The molecule has 1 aromatic carbocycles. The quantitative estimate of drug-likeness (QED) is 0.476. The van der Waals surface area contributed by atoms with Gasteiger partial charge in [-0.1, -0.05) is 0 Å². The number of hydrogen-bond donors (Lipinski definition) is 0. The Hall–Kier alpha value is -1.35. The van der Waals surface area contributed by atoms with Crippen LogP contribution in [0.2, 0.25) is 0 Å². The smallest absolute Gasteiger partial charge is 0.258 e. The second-order valence-corrected chi connectivity index (χ2v) is 5.44. The molecule has 94 valence electrons. The van der Waals surface area contributed by atoms with Gasteiger partial charge in [-0.25, -0.2) is 8.42 Å². The highest BCUT2D eigenvalue weighted by Crippen LogP contribution is 2.37. The maximum absolute atomic E-state index is 12.4. The molecule has 0 fully saturated rings. The fourth-order valence-corrected chi connectivity index (χ4v) is 1.82. The normalized spacial score (nSPS) is 12.5. The van der Waals surface area contributed by atoms with E-state index in [0.717, 1.165) is 0 Å². The summed E-state index contributed by atoms with van der Waals surface area (Å²) in [7, 11) is 0.550. The van der Waals surface area contributed by atoms with Crippen molar-refractivity contribution >= 4 is 25.4 Å². The Morgan fingerprint density at radius 3 is 2.18 bits per heavy atom. The highest BCUT2D eigenvalue weighted by Gasteiger charge is 2.38. The number of alkyl halides is 3. The Morgan fingerprint density at radius 1 is 1.29 bits per heavy atom. The summed E-state index contributed by atoms with van der Waals surface area (Å²) >= 11 is 0. The van der Waals surface area contributed by atoms with Crippen LogP contribution in [0.1, 0.15) is 5.56 Å². The molecule has 0 aliphatic carbocycles. The van der Waals surface area contributed by atoms with E-state index in [4.69, 9.17) is 10.7 Å². The molecule has 0 saturated heterocycles. The molecule has 0 aliphatic rings. The lowest BCUT2D eigenvalue weighted by molar-refractivity contribution is -0.388. The second-order valence-electron chi connectivity index (χ2n) is 2.87. The molecule has 0 aromatic heterocycles. The van der Waals surface area contributed by atoms with Crippen LogP contribution in [-0.2, 0) is 15.2 Å². The minimum atomic E-state index is -4.95. The van der Waals surface area contributed by atoms with Gasteiger partial charge in [0.25, 0.3) is 14.7 Å². The number of nitro groups is 1. The second kappa shape index (κ2) is 4.15. The molecule has 0 aliphatic heterocycles. The van der Waals surface area contributed by atoms with Crippen LogP contribution in [-0.4, -0.2) is 13.3 Å². The van der Waals surface area contributed by atoms with Crippen molar-refractivity contribution in [1.29, 1.82) is 0 Å². The third kappa shape index (κ3) is 3.07. The van der Waals surface area contributed by atoms with E-state index in [1.54, 1.807) is 0 Å². The van der Waals surface area contributed by atoms with Crippen molar-refractivity contribution in [2.24, 2.45) is 0 Å². The fourth-order valence-electron chi connectivity index (χ4n) is 1.05. The molecule has 0 spiro atoms. The first kappa shape index (κ1) is 13.7. The molecule has 0 atom stereocenters. The lowest BCUT2D eigenvalue weighted by Crippen LogP contribution is -2.09. The van der Waals surface area contributed by atoms with Gasteiger partial charge in [-0.3, -0.25) is 10.1 Å². The maximum atomic E-state index is 12.4. The summed E-state index contributed by atoms with van der Waals surface area (Å²) < 4.78 is 58.7. The van der Waals surface area contributed by atoms with Crippen LogP contribution in [0.5, 0.6) is 0 Å². The van der Waals surface area contributed by atoms with E-state index in [0.29, 0.717) is 12.1 Å². The van der Waals surface area contributed by atoms with Gasteiger partial charge in [0.05, 0.1) is 9.82 Å². The Bertz CT molecular complexity index is 569. The molecular formula is C7H3ClF3NO4S. The van der Waals surface area contributed by atoms with E-state index in [1.807, 2.05) is 0 Å². The van der Waals surface area contributed by atoms with Crippen molar-refractivity contribution in [3.05, 3.63) is 33.9 Å². The van der Waals surface area contributed by atoms with E-state index in [2.05, 4.69) is 0 Å². The van der Waals surface area contributed by atoms with Crippen molar-refractivity contribution in [3.63, 3.8) is 0 Å². The number of benzene rings is 1. The van der Waals surface area contributed by atoms with E-state index < -0.39 is 36.3 Å². The minimum Gasteiger partial charge on any atom is -0.258 e. The standard InChI is InChI=1S/C7H3ClF3NO4S/c8-17(15,16)4-1-2-5(7(9,10)11)6(3-4)12(13)14/h1-3H. The van der Waals surface area contributed by atoms with Gasteiger partial charge >= 0.3 is 6.18 Å². The van der Waals surface area contributed by atoms with Crippen LogP contribution in [0.3, 0.4) is 0 Å². The summed E-state index contributed by atoms with van der Waals surface area (Å²) in [4.78, 5) is 8.33. The minimum absolute atomic E-state index is 0.269. The van der Waals surface area contributed by atoms with Gasteiger partial charge in [0, 0.05) is 16.7 Å². The molecular weight excluding hydrogens is 287 g/mol. The van der Waals surface area contributed by atoms with Crippen molar-refractivity contribution < 1.29 is 26.5 Å². The Kier molecular flexibility index (Phi) is 3.35. The van der Waals surface area contributed by atoms with Crippen molar-refractivity contribution in [1.82, 2.24) is 0 Å². The molecule has 10 heteroatoms. The summed E-state index contributed by atoms with van der Waals surface area (Å²) in [6, 6.07) is 1.12. The molecule has 0 bridgehead atoms. The number of nitrogens with zero attached hydrogens (tertiary/aromatic N) is 1. The first-order valence-corrected chi connectivity index (χ1v) is 6.14. The maximum Gasteiger partial charge on any atom is 0.422 e. The first-order valence-electron chi connectivity index (χ1n) is 3.84. The van der Waals surface area contributed by atoms with Crippen molar-refractivity contribution in [2.45, 2.75) is 11.1 Å². The van der Waals surface area contributed by atoms with Gasteiger partial charge in [-0.15, -0.1) is 0 Å². The third-order valence-electron chi connectivity index (χ3n) is 1.75. The molecule has 0 heterocycles. The summed E-state index contributed by atoms with van der Waals surface area (Å²) in [6.07, 6.45) is -4.95. The zero-order valence-electron chi connectivity index (χ0n) is 7.73. The van der Waals surface area contributed by atoms with Crippen LogP contribution in [0, 0.1) is 10.1 Å². The number of nitro benzene ring substituents is 1. The van der Waals surface area contributed by atoms with E-state index in [1.165, 1.54) is 0 Å². The molecule has 0 amide bonds. The SMILES string of the molecule is O=[N+]([O-])c1cc(S(=O)(=O)Cl)ccc1C(F)(F)F. The lowest BCUT2D eigenvalue weighted by atomic mass is 10.2. The average Bonchev–Trinajstić information content (AvgIpc) is 2.14. The van der Waals surface area contributed by atoms with Crippen molar-refractivity contribution in [3.8, 4) is 0 Å². The van der Waals surface area contributed by atoms with Crippen LogP contribution >= 0.6 is 10.7 Å². The van der Waals surface area contributed by atoms with Gasteiger partial charge in [0.1, 0.15) is 5.56 Å². The summed E-state index contributed by atoms with van der Waals surface area (Å²) in [5, 5.41) is 10.4. The van der Waals surface area contributed by atoms with Crippen LogP contribution < -0.4 is 0 Å². The fraction of sp³-hybridized carbons (Fsp3) is 0.143. The largest absolute Gasteiger partial charge is 0.422 e. The zero-order chi connectivity index (χ0) is 13.4. The van der Waals surface area contributed by atoms with Crippen LogP contribution in [0.4, 0.5) is 18.9 Å². The van der Waals surface area contributed by atoms with E-state index >= 15 is 0 Å². The predicted octanol–water partition coefficient (Wildman–Crippen LogP) is 2.54. The molecule has 0 N–H and O–H groups in total. The van der Waals surface area contributed by atoms with E-state index in [-0.39, 0.29) is 6.07 Å². The number of halogens is 4. The predicted molar refractivity (Wildman–Crippen MR) is 51.1 cm³/mol. The van der Waals surface area contributed by atoms with Gasteiger partial charge in [-0.2, -0.15) is 13.2 Å². The monoisotopic (exact) mass is 289 g/mol. The number of hydrogen-bond acceptors (Lipinski definition) is 4. The summed E-state index contributed by atoms with van der Waals surface area (Å²) in [6.45, 7) is 0. The van der Waals surface area contributed by atoms with Crippen LogP contribution in [0.25, 0.3) is 0 Å². The molecule has 17 heavy (non-hydrogen) atoms. The van der Waals surface area contributed by atoms with Crippen LogP contribution in [0.15, 0.2) is 23.1 Å². The lowest BCUT2D eigenvalue weighted by Gasteiger charge is -2.07. The first-order chi connectivity index (χ1) is 7.53. The highest BCUT2D eigenvalue weighted by molar-refractivity contribution is 8.13. The molecule has 1 aromatic rings. The summed E-state index contributed by atoms with van der Waals surface area (Å²) in [5.74, 6) is 0. The zero-order valence-corrected chi connectivity index (χ0v) is 9.30. The number of rotatable bonds is 2. The molecule has 1 rings (SSSR count). The average molecular weight is 290 g/mol. The van der Waals surface area contributed by atoms with Gasteiger partial charge in [-0.05, 0) is 12.1 Å². The van der Waals surface area contributed by atoms with Gasteiger partial charge in [0.2, 0.25) is 0 Å². The van der Waals surface area contributed by atoms with E-state index in [9.17, 15) is 31.7 Å². The molecule has 5 nitrogen and oxygen atoms in total. The Morgan fingerprint density at radius 2 is 1.82 bits per heavy atom. The summed E-state index contributed by atoms with van der Waals surface area (Å²) in [5.41, 5.74) is -2.90. The Balaban J connectivity index is 3.54. The topological polar surface area (TPSA) is 77.3 Å². The Labute approximate surface area is 97.4 Å². The molecule has 0 radical (unpaired) electrons. The highest BCUT2D eigenvalue weighted by atomic mass is 35.7. The third-order valence-corrected chi connectivity index (χ3v) is 3.10. The van der Waals surface area contributed by atoms with Crippen molar-refractivity contribution in [2.75, 3.05) is 0 Å².